The van der Waals surface area contributed by atoms with E-state index in [9.17, 15) is 0 Å². The Morgan fingerprint density at radius 1 is 1.44 bits per heavy atom. The van der Waals surface area contributed by atoms with E-state index in [-0.39, 0.29) is 11.3 Å². The molecule has 1 aromatic carbocycles. The highest BCUT2D eigenvalue weighted by Gasteiger charge is 2.44. The van der Waals surface area contributed by atoms with Crippen molar-refractivity contribution in [3.63, 3.8) is 0 Å². The molecule has 1 aliphatic carbocycles. The molecule has 0 heterocycles. The van der Waals surface area contributed by atoms with Crippen LogP contribution in [0, 0.1) is 22.7 Å². The normalized spacial score (nSPS) is 29.0. The predicted molar refractivity (Wildman–Crippen MR) is 64.5 cm³/mol. The van der Waals surface area contributed by atoms with Crippen molar-refractivity contribution >= 4 is 5.71 Å². The second kappa shape index (κ2) is 4.09. The van der Waals surface area contributed by atoms with Crippen molar-refractivity contribution in [2.24, 2.45) is 5.92 Å². The zero-order chi connectivity index (χ0) is 11.6. The Morgan fingerprint density at radius 2 is 2.12 bits per heavy atom. The van der Waals surface area contributed by atoms with Gasteiger partial charge < -0.3 is 5.41 Å². The molecule has 0 spiro atoms. The molecule has 0 bridgehead atoms. The van der Waals surface area contributed by atoms with Gasteiger partial charge in [-0.1, -0.05) is 37.3 Å². The molecule has 0 saturated heterocycles. The highest BCUT2D eigenvalue weighted by molar-refractivity contribution is 5.97. The number of nitriles is 1. The molecule has 1 saturated carbocycles. The summed E-state index contributed by atoms with van der Waals surface area (Å²) in [5, 5.41) is 17.2. The van der Waals surface area contributed by atoms with E-state index in [0.29, 0.717) is 5.71 Å². The van der Waals surface area contributed by atoms with Gasteiger partial charge in [-0.2, -0.15) is 5.26 Å². The molecule has 1 aliphatic rings. The molecule has 2 nitrogen and oxygen atoms in total. The number of rotatable bonds is 2. The molecule has 0 radical (unpaired) electrons. The highest BCUT2D eigenvalue weighted by Crippen LogP contribution is 2.43. The molecule has 2 atom stereocenters. The number of nitrogens with one attached hydrogen (secondary N) is 1. The number of hydrogen-bond donors (Lipinski definition) is 1. The smallest absolute Gasteiger partial charge is 0.0848 e. The van der Waals surface area contributed by atoms with Crippen LogP contribution in [0.4, 0.5) is 0 Å². The van der Waals surface area contributed by atoms with Gasteiger partial charge in [-0.05, 0) is 24.8 Å². The van der Waals surface area contributed by atoms with Gasteiger partial charge in [-0.15, -0.1) is 0 Å². The highest BCUT2D eigenvalue weighted by atomic mass is 14.6. The summed E-state index contributed by atoms with van der Waals surface area (Å²) >= 11 is 0. The van der Waals surface area contributed by atoms with Crippen LogP contribution in [0.1, 0.15) is 31.7 Å². The Bertz CT molecular complexity index is 430. The fourth-order valence-electron chi connectivity index (χ4n) is 2.76. The van der Waals surface area contributed by atoms with Crippen molar-refractivity contribution in [1.82, 2.24) is 0 Å². The third kappa shape index (κ3) is 1.44. The van der Waals surface area contributed by atoms with Gasteiger partial charge in [0, 0.05) is 11.1 Å². The maximum Gasteiger partial charge on any atom is 0.0848 e. The monoisotopic (exact) mass is 212 g/mol. The average Bonchev–Trinajstić information content (AvgIpc) is 2.68. The first-order chi connectivity index (χ1) is 7.74. The van der Waals surface area contributed by atoms with Gasteiger partial charge in [0.2, 0.25) is 0 Å². The third-order valence-corrected chi connectivity index (χ3v) is 3.81. The Hall–Kier alpha value is -1.62. The van der Waals surface area contributed by atoms with Gasteiger partial charge in [0.05, 0.1) is 12.0 Å². The van der Waals surface area contributed by atoms with Gasteiger partial charge in [0.25, 0.3) is 0 Å². The van der Waals surface area contributed by atoms with Crippen LogP contribution in [-0.4, -0.2) is 5.71 Å². The van der Waals surface area contributed by atoms with E-state index in [2.05, 4.69) is 25.1 Å². The van der Waals surface area contributed by atoms with Crippen molar-refractivity contribution < 1.29 is 0 Å². The summed E-state index contributed by atoms with van der Waals surface area (Å²) in [5.74, 6) is -0.180. The molecule has 2 heteroatoms. The van der Waals surface area contributed by atoms with Gasteiger partial charge in [0.1, 0.15) is 0 Å². The second-order valence-electron chi connectivity index (χ2n) is 4.44. The van der Waals surface area contributed by atoms with Gasteiger partial charge in [0.15, 0.2) is 0 Å². The first-order valence-electron chi connectivity index (χ1n) is 5.78. The third-order valence-electron chi connectivity index (χ3n) is 3.81. The van der Waals surface area contributed by atoms with Crippen LogP contribution in [-0.2, 0) is 5.41 Å². The lowest BCUT2D eigenvalue weighted by atomic mass is 9.75. The van der Waals surface area contributed by atoms with E-state index < -0.39 is 0 Å². The Balaban J connectivity index is 2.43. The molecule has 16 heavy (non-hydrogen) atoms. The number of nitrogens with zero attached hydrogens (tertiary/aromatic N) is 1. The maximum atomic E-state index is 9.02. The Labute approximate surface area is 96.4 Å². The molecule has 0 aliphatic heterocycles. The van der Waals surface area contributed by atoms with E-state index in [0.717, 1.165) is 19.3 Å². The minimum atomic E-state index is -0.180. The van der Waals surface area contributed by atoms with Gasteiger partial charge in [-0.3, -0.25) is 0 Å². The van der Waals surface area contributed by atoms with E-state index >= 15 is 0 Å². The molecule has 1 aromatic rings. The van der Waals surface area contributed by atoms with Crippen molar-refractivity contribution in [3.05, 3.63) is 35.9 Å². The number of hydrogen-bond acceptors (Lipinski definition) is 2. The maximum absolute atomic E-state index is 9.02. The van der Waals surface area contributed by atoms with Crippen LogP contribution in [0.15, 0.2) is 30.3 Å². The lowest BCUT2D eigenvalue weighted by Gasteiger charge is -2.28. The topological polar surface area (TPSA) is 47.6 Å². The summed E-state index contributed by atoms with van der Waals surface area (Å²) in [6.45, 7) is 2.11. The summed E-state index contributed by atoms with van der Waals surface area (Å²) in [5.41, 5.74) is 1.63. The minimum absolute atomic E-state index is 0.179. The zero-order valence-electron chi connectivity index (χ0n) is 9.53. The fourth-order valence-corrected chi connectivity index (χ4v) is 2.76. The molecule has 2 unspecified atom stereocenters. The largest absolute Gasteiger partial charge is 0.307 e. The van der Waals surface area contributed by atoms with Crippen LogP contribution in [0.5, 0.6) is 0 Å². The van der Waals surface area contributed by atoms with Crippen molar-refractivity contribution in [2.75, 3.05) is 0 Å². The van der Waals surface area contributed by atoms with Crippen LogP contribution in [0.3, 0.4) is 0 Å². The van der Waals surface area contributed by atoms with E-state index in [1.54, 1.807) is 0 Å². The molecule has 1 N–H and O–H groups in total. The van der Waals surface area contributed by atoms with E-state index in [1.807, 2.05) is 18.2 Å². The van der Waals surface area contributed by atoms with Crippen LogP contribution in [0.25, 0.3) is 0 Å². The van der Waals surface area contributed by atoms with E-state index in [4.69, 9.17) is 10.7 Å². The summed E-state index contributed by atoms with van der Waals surface area (Å²) in [7, 11) is 0. The molecular weight excluding hydrogens is 196 g/mol. The Morgan fingerprint density at radius 3 is 2.62 bits per heavy atom. The SMILES string of the molecule is CCC1(c2ccccc2)CCC(C#N)C1=N. The molecular formula is C14H16N2. The Kier molecular flexibility index (Phi) is 2.78. The quantitative estimate of drug-likeness (QED) is 0.803. The number of benzene rings is 1. The fraction of sp³-hybridized carbons (Fsp3) is 0.429. The summed E-state index contributed by atoms with van der Waals surface area (Å²) in [6, 6.07) is 12.4. The summed E-state index contributed by atoms with van der Waals surface area (Å²) in [6.07, 6.45) is 2.68. The first kappa shape index (κ1) is 10.9. The van der Waals surface area contributed by atoms with E-state index in [1.165, 1.54) is 5.56 Å². The molecule has 0 amide bonds. The molecule has 1 fully saturated rings. The van der Waals surface area contributed by atoms with Crippen molar-refractivity contribution in [2.45, 2.75) is 31.6 Å². The lowest BCUT2D eigenvalue weighted by molar-refractivity contribution is 0.536. The second-order valence-corrected chi connectivity index (χ2v) is 4.44. The standard InChI is InChI=1S/C14H16N2/c1-2-14(12-6-4-3-5-7-12)9-8-11(10-15)13(14)16/h3-7,11,16H,2,8-9H2,1H3. The summed E-state index contributed by atoms with van der Waals surface area (Å²) < 4.78 is 0. The first-order valence-corrected chi connectivity index (χ1v) is 5.78. The van der Waals surface area contributed by atoms with Crippen LogP contribution >= 0.6 is 0 Å². The van der Waals surface area contributed by atoms with Gasteiger partial charge in [-0.25, -0.2) is 0 Å². The summed E-state index contributed by atoms with van der Waals surface area (Å²) in [4.78, 5) is 0. The molecule has 82 valence electrons. The molecule has 2 rings (SSSR count). The lowest BCUT2D eigenvalue weighted by Crippen LogP contribution is -2.31. The van der Waals surface area contributed by atoms with Crippen LogP contribution in [0.2, 0.25) is 0 Å². The predicted octanol–water partition coefficient (Wildman–Crippen LogP) is 3.29. The minimum Gasteiger partial charge on any atom is -0.307 e. The van der Waals surface area contributed by atoms with Gasteiger partial charge >= 0.3 is 0 Å². The van der Waals surface area contributed by atoms with Crippen molar-refractivity contribution in [1.29, 1.82) is 10.7 Å². The molecule has 0 aromatic heterocycles. The van der Waals surface area contributed by atoms with Crippen LogP contribution < -0.4 is 0 Å². The average molecular weight is 212 g/mol. The zero-order valence-corrected chi connectivity index (χ0v) is 9.53. The van der Waals surface area contributed by atoms with Crippen molar-refractivity contribution in [3.8, 4) is 6.07 Å².